The number of ether oxygens (including phenoxy) is 1. The summed E-state index contributed by atoms with van der Waals surface area (Å²) >= 11 is 1.88. The van der Waals surface area contributed by atoms with Crippen LogP contribution in [0.15, 0.2) is 4.99 Å². The average Bonchev–Trinajstić information content (AvgIpc) is 2.62. The topological polar surface area (TPSA) is 33.6 Å². The minimum Gasteiger partial charge on any atom is -0.375 e. The third kappa shape index (κ3) is 4.16. The molecule has 0 aliphatic carbocycles. The zero-order valence-corrected chi connectivity index (χ0v) is 12.8. The molecule has 2 atom stereocenters. The van der Waals surface area contributed by atoms with Gasteiger partial charge in [0.15, 0.2) is 5.17 Å². The first-order valence-corrected chi connectivity index (χ1v) is 8.04. The highest BCUT2D eigenvalue weighted by Gasteiger charge is 2.30. The second-order valence-electron chi connectivity index (χ2n) is 6.47. The fourth-order valence-electron chi connectivity index (χ4n) is 2.69. The molecule has 0 aromatic carbocycles. The van der Waals surface area contributed by atoms with Gasteiger partial charge in [0, 0.05) is 18.4 Å². The summed E-state index contributed by atoms with van der Waals surface area (Å²) in [5.74, 6) is 1.88. The van der Waals surface area contributed by atoms with Crippen molar-refractivity contribution in [2.45, 2.75) is 64.6 Å². The standard InChI is InChI=1S/C14H26N2OS/c1-10(2)7-12-9-18-13(16-12)15-11-5-6-17-14(3,4)8-11/h10-12H,5-9H2,1-4H3,(H,15,16). The lowest BCUT2D eigenvalue weighted by Gasteiger charge is -2.36. The first-order valence-electron chi connectivity index (χ1n) is 7.06. The van der Waals surface area contributed by atoms with Gasteiger partial charge < -0.3 is 10.1 Å². The van der Waals surface area contributed by atoms with E-state index >= 15 is 0 Å². The Hall–Kier alpha value is -0.220. The minimum atomic E-state index is 0.0110. The third-order valence-electron chi connectivity index (χ3n) is 3.48. The second kappa shape index (κ2) is 5.83. The number of nitrogens with one attached hydrogen (secondary N) is 1. The molecule has 0 saturated carbocycles. The molecule has 18 heavy (non-hydrogen) atoms. The van der Waals surface area contributed by atoms with E-state index in [2.05, 4.69) is 33.0 Å². The molecule has 2 heterocycles. The maximum absolute atomic E-state index is 5.75. The smallest absolute Gasteiger partial charge is 0.157 e. The molecule has 1 fully saturated rings. The van der Waals surface area contributed by atoms with Crippen LogP contribution in [0.5, 0.6) is 0 Å². The average molecular weight is 270 g/mol. The Morgan fingerprint density at radius 3 is 2.94 bits per heavy atom. The van der Waals surface area contributed by atoms with Crippen LogP contribution in [0.3, 0.4) is 0 Å². The predicted octanol–water partition coefficient (Wildman–Crippen LogP) is 3.05. The lowest BCUT2D eigenvalue weighted by molar-refractivity contribution is -0.0603. The maximum Gasteiger partial charge on any atom is 0.157 e. The molecule has 4 heteroatoms. The highest BCUT2D eigenvalue weighted by molar-refractivity contribution is 8.14. The van der Waals surface area contributed by atoms with Crippen molar-refractivity contribution >= 4 is 16.9 Å². The van der Waals surface area contributed by atoms with Crippen LogP contribution in [0, 0.1) is 5.92 Å². The summed E-state index contributed by atoms with van der Waals surface area (Å²) in [6, 6.07) is 1.04. The van der Waals surface area contributed by atoms with Crippen molar-refractivity contribution in [1.29, 1.82) is 0 Å². The minimum absolute atomic E-state index is 0.0110. The van der Waals surface area contributed by atoms with E-state index in [9.17, 15) is 0 Å². The van der Waals surface area contributed by atoms with E-state index < -0.39 is 0 Å². The number of rotatable bonds is 3. The molecule has 0 bridgehead atoms. The zero-order chi connectivity index (χ0) is 13.2. The Labute approximate surface area is 115 Å². The molecule has 2 unspecified atom stereocenters. The van der Waals surface area contributed by atoms with Crippen molar-refractivity contribution in [3.63, 3.8) is 0 Å². The summed E-state index contributed by atoms with van der Waals surface area (Å²) in [7, 11) is 0. The largest absolute Gasteiger partial charge is 0.375 e. The summed E-state index contributed by atoms with van der Waals surface area (Å²) in [5.41, 5.74) is 0.0110. The van der Waals surface area contributed by atoms with Crippen molar-refractivity contribution in [2.75, 3.05) is 12.4 Å². The van der Waals surface area contributed by atoms with Gasteiger partial charge >= 0.3 is 0 Å². The Kier molecular flexibility index (Phi) is 4.59. The number of hydrogen-bond acceptors (Lipinski definition) is 4. The first-order chi connectivity index (χ1) is 8.44. The summed E-state index contributed by atoms with van der Waals surface area (Å²) in [6.07, 6.45) is 3.37. The van der Waals surface area contributed by atoms with Crippen LogP contribution < -0.4 is 5.32 Å². The van der Waals surface area contributed by atoms with E-state index in [-0.39, 0.29) is 5.60 Å². The number of nitrogens with zero attached hydrogens (tertiary/aromatic N) is 1. The van der Waals surface area contributed by atoms with Crippen molar-refractivity contribution in [3.05, 3.63) is 0 Å². The Morgan fingerprint density at radius 1 is 1.50 bits per heavy atom. The molecular formula is C14H26N2OS. The number of amidine groups is 1. The van der Waals surface area contributed by atoms with Gasteiger partial charge in [-0.25, -0.2) is 0 Å². The molecule has 1 N–H and O–H groups in total. The molecule has 1 saturated heterocycles. The van der Waals surface area contributed by atoms with Gasteiger partial charge in [0.05, 0.1) is 11.6 Å². The quantitative estimate of drug-likeness (QED) is 0.856. The van der Waals surface area contributed by atoms with Gasteiger partial charge in [0.2, 0.25) is 0 Å². The van der Waals surface area contributed by atoms with Gasteiger partial charge in [-0.15, -0.1) is 0 Å². The van der Waals surface area contributed by atoms with Gasteiger partial charge in [-0.2, -0.15) is 0 Å². The molecule has 2 rings (SSSR count). The predicted molar refractivity (Wildman–Crippen MR) is 79.3 cm³/mol. The van der Waals surface area contributed by atoms with E-state index in [0.29, 0.717) is 12.1 Å². The summed E-state index contributed by atoms with van der Waals surface area (Å²) in [4.78, 5) is 4.80. The van der Waals surface area contributed by atoms with Crippen molar-refractivity contribution in [3.8, 4) is 0 Å². The van der Waals surface area contributed by atoms with Crippen molar-refractivity contribution < 1.29 is 4.74 Å². The van der Waals surface area contributed by atoms with E-state index in [4.69, 9.17) is 9.73 Å². The molecule has 0 amide bonds. The second-order valence-corrected chi connectivity index (χ2v) is 7.48. The normalized spacial score (nSPS) is 31.5. The van der Waals surface area contributed by atoms with Crippen LogP contribution >= 0.6 is 11.8 Å². The maximum atomic E-state index is 5.75. The molecule has 3 nitrogen and oxygen atoms in total. The fraction of sp³-hybridized carbons (Fsp3) is 0.929. The van der Waals surface area contributed by atoms with Crippen LogP contribution in [0.25, 0.3) is 0 Å². The number of hydrogen-bond donors (Lipinski definition) is 1. The van der Waals surface area contributed by atoms with E-state index in [1.807, 2.05) is 11.8 Å². The molecule has 0 spiro atoms. The van der Waals surface area contributed by atoms with E-state index in [0.717, 1.165) is 36.3 Å². The third-order valence-corrected chi connectivity index (χ3v) is 4.53. The zero-order valence-electron chi connectivity index (χ0n) is 12.0. The van der Waals surface area contributed by atoms with Gasteiger partial charge in [0.1, 0.15) is 0 Å². The van der Waals surface area contributed by atoms with Gasteiger partial charge in [0.25, 0.3) is 0 Å². The molecular weight excluding hydrogens is 244 g/mol. The van der Waals surface area contributed by atoms with Gasteiger partial charge in [-0.3, -0.25) is 4.99 Å². The molecule has 2 aliphatic rings. The highest BCUT2D eigenvalue weighted by atomic mass is 32.2. The molecule has 0 aromatic rings. The number of thioether (sulfide) groups is 1. The SMILES string of the molecule is CC(C)CC1CSC(NC2CCOC(C)(C)C2)=N1. The fourth-order valence-corrected chi connectivity index (χ4v) is 3.72. The molecule has 2 aliphatic heterocycles. The van der Waals surface area contributed by atoms with E-state index in [1.165, 1.54) is 6.42 Å². The summed E-state index contributed by atoms with van der Waals surface area (Å²) < 4.78 is 5.75. The first kappa shape index (κ1) is 14.2. The van der Waals surface area contributed by atoms with Crippen LogP contribution in [0.2, 0.25) is 0 Å². The van der Waals surface area contributed by atoms with Gasteiger partial charge in [-0.1, -0.05) is 25.6 Å². The number of aliphatic imine (C=N–C) groups is 1. The molecule has 0 aromatic heterocycles. The van der Waals surface area contributed by atoms with Crippen molar-refractivity contribution in [2.24, 2.45) is 10.9 Å². The molecule has 0 radical (unpaired) electrons. The van der Waals surface area contributed by atoms with E-state index in [1.54, 1.807) is 0 Å². The highest BCUT2D eigenvalue weighted by Crippen LogP contribution is 2.26. The van der Waals surface area contributed by atoms with Crippen LogP contribution in [0.4, 0.5) is 0 Å². The Bertz CT molecular complexity index is 315. The Morgan fingerprint density at radius 2 is 2.28 bits per heavy atom. The molecule has 104 valence electrons. The lowest BCUT2D eigenvalue weighted by atomic mass is 9.94. The lowest BCUT2D eigenvalue weighted by Crippen LogP contribution is -2.44. The summed E-state index contributed by atoms with van der Waals surface area (Å²) in [5, 5.41) is 4.77. The summed E-state index contributed by atoms with van der Waals surface area (Å²) in [6.45, 7) is 9.75. The van der Waals surface area contributed by atoms with Gasteiger partial charge in [-0.05, 0) is 39.0 Å². The Balaban J connectivity index is 1.83. The monoisotopic (exact) mass is 270 g/mol. The van der Waals surface area contributed by atoms with Crippen molar-refractivity contribution in [1.82, 2.24) is 5.32 Å². The van der Waals surface area contributed by atoms with Crippen LogP contribution in [-0.4, -0.2) is 35.2 Å². The van der Waals surface area contributed by atoms with Crippen LogP contribution in [0.1, 0.15) is 47.0 Å². The van der Waals surface area contributed by atoms with Crippen LogP contribution in [-0.2, 0) is 4.74 Å².